The SMILES string of the molecule is CCN(CC)C(=O)CN1CCN(C(=O)c2cc([N+](=O)[O-])cc(S(C)(=O)=O)c2)CC1. The van der Waals surface area contributed by atoms with E-state index in [2.05, 4.69) is 0 Å². The molecule has 0 N–H and O–H groups in total. The molecule has 10 nitrogen and oxygen atoms in total. The van der Waals surface area contributed by atoms with E-state index in [0.717, 1.165) is 18.4 Å². The lowest BCUT2D eigenvalue weighted by Crippen LogP contribution is -2.51. The van der Waals surface area contributed by atoms with Crippen LogP contribution >= 0.6 is 0 Å². The van der Waals surface area contributed by atoms with Crippen LogP contribution in [-0.4, -0.2) is 91.9 Å². The lowest BCUT2D eigenvalue weighted by Gasteiger charge is -2.35. The summed E-state index contributed by atoms with van der Waals surface area (Å²) in [4.78, 5) is 40.4. The molecule has 1 saturated heterocycles. The molecule has 160 valence electrons. The summed E-state index contributed by atoms with van der Waals surface area (Å²) >= 11 is 0. The van der Waals surface area contributed by atoms with Gasteiger partial charge in [0, 0.05) is 63.2 Å². The number of sulfone groups is 1. The molecular weight excluding hydrogens is 400 g/mol. The molecular formula is C18H26N4O6S. The van der Waals surface area contributed by atoms with Gasteiger partial charge in [-0.1, -0.05) is 0 Å². The molecule has 11 heteroatoms. The number of nitrogens with zero attached hydrogens (tertiary/aromatic N) is 4. The number of non-ortho nitro benzene ring substituents is 1. The number of nitro groups is 1. The van der Waals surface area contributed by atoms with Crippen LogP contribution in [0.25, 0.3) is 0 Å². The quantitative estimate of drug-likeness (QED) is 0.463. The summed E-state index contributed by atoms with van der Waals surface area (Å²) in [7, 11) is -3.71. The molecule has 1 aliphatic heterocycles. The van der Waals surface area contributed by atoms with E-state index in [9.17, 15) is 28.1 Å². The maximum Gasteiger partial charge on any atom is 0.271 e. The minimum absolute atomic E-state index is 0.0336. The first-order chi connectivity index (χ1) is 13.6. The first kappa shape index (κ1) is 22.8. The monoisotopic (exact) mass is 426 g/mol. The van der Waals surface area contributed by atoms with Crippen molar-refractivity contribution in [1.82, 2.24) is 14.7 Å². The van der Waals surface area contributed by atoms with Gasteiger partial charge in [0.05, 0.1) is 16.4 Å². The molecule has 1 fully saturated rings. The minimum Gasteiger partial charge on any atom is -0.342 e. The molecule has 0 radical (unpaired) electrons. The van der Waals surface area contributed by atoms with E-state index in [1.807, 2.05) is 18.7 Å². The average molecular weight is 426 g/mol. The van der Waals surface area contributed by atoms with Crippen molar-refractivity contribution in [1.29, 1.82) is 0 Å². The Kier molecular flexibility index (Phi) is 7.31. The van der Waals surface area contributed by atoms with E-state index >= 15 is 0 Å². The number of rotatable bonds is 7. The second-order valence-corrected chi connectivity index (χ2v) is 8.89. The van der Waals surface area contributed by atoms with Crippen molar-refractivity contribution in [2.45, 2.75) is 18.7 Å². The number of carbonyl (C=O) groups is 2. The van der Waals surface area contributed by atoms with E-state index in [4.69, 9.17) is 0 Å². The number of nitro benzene ring substituents is 1. The topological polar surface area (TPSA) is 121 Å². The molecule has 0 spiro atoms. The molecule has 1 heterocycles. The van der Waals surface area contributed by atoms with Crippen molar-refractivity contribution in [3.63, 3.8) is 0 Å². The molecule has 0 unspecified atom stereocenters. The summed E-state index contributed by atoms with van der Waals surface area (Å²) in [6.07, 6.45) is 0.936. The van der Waals surface area contributed by atoms with Crippen LogP contribution in [0.5, 0.6) is 0 Å². The van der Waals surface area contributed by atoms with Gasteiger partial charge in [0.1, 0.15) is 0 Å². The zero-order valence-electron chi connectivity index (χ0n) is 16.8. The lowest BCUT2D eigenvalue weighted by molar-refractivity contribution is -0.385. The summed E-state index contributed by atoms with van der Waals surface area (Å²) in [5.41, 5.74) is -0.480. The third-order valence-corrected chi connectivity index (χ3v) is 6.00. The zero-order chi connectivity index (χ0) is 21.8. The Hall–Kier alpha value is -2.53. The molecule has 2 amide bonds. The average Bonchev–Trinajstić information content (AvgIpc) is 2.68. The van der Waals surface area contributed by atoms with Crippen molar-refractivity contribution < 1.29 is 22.9 Å². The molecule has 0 aliphatic carbocycles. The molecule has 1 aromatic carbocycles. The lowest BCUT2D eigenvalue weighted by atomic mass is 10.1. The highest BCUT2D eigenvalue weighted by Crippen LogP contribution is 2.22. The van der Waals surface area contributed by atoms with Gasteiger partial charge in [-0.2, -0.15) is 0 Å². The standard InChI is InChI=1S/C18H26N4O6S/c1-4-20(5-2)17(23)13-19-6-8-21(9-7-19)18(24)14-10-15(22(25)26)12-16(11-14)29(3,27)28/h10-12H,4-9,13H2,1-3H3. The molecule has 1 aliphatic rings. The van der Waals surface area contributed by atoms with Gasteiger partial charge in [-0.05, 0) is 19.9 Å². The smallest absolute Gasteiger partial charge is 0.271 e. The summed E-state index contributed by atoms with van der Waals surface area (Å²) in [6.45, 7) is 7.08. The first-order valence-electron chi connectivity index (χ1n) is 9.35. The number of hydrogen-bond donors (Lipinski definition) is 0. The van der Waals surface area contributed by atoms with Gasteiger partial charge < -0.3 is 9.80 Å². The number of amides is 2. The van der Waals surface area contributed by atoms with Crippen LogP contribution in [0.4, 0.5) is 5.69 Å². The van der Waals surface area contributed by atoms with E-state index in [-0.39, 0.29) is 22.9 Å². The van der Waals surface area contributed by atoms with Gasteiger partial charge in [0.25, 0.3) is 11.6 Å². The van der Waals surface area contributed by atoms with Gasteiger partial charge in [-0.15, -0.1) is 0 Å². The van der Waals surface area contributed by atoms with Gasteiger partial charge in [0.15, 0.2) is 9.84 Å². The van der Waals surface area contributed by atoms with E-state index in [1.54, 1.807) is 4.90 Å². The third-order valence-electron chi connectivity index (χ3n) is 4.91. The summed E-state index contributed by atoms with van der Waals surface area (Å²) in [5.74, 6) is -0.431. The summed E-state index contributed by atoms with van der Waals surface area (Å²) in [6, 6.07) is 3.21. The first-order valence-corrected chi connectivity index (χ1v) is 11.2. The number of benzene rings is 1. The number of hydrogen-bond acceptors (Lipinski definition) is 7. The van der Waals surface area contributed by atoms with Crippen molar-refractivity contribution in [2.75, 3.05) is 52.1 Å². The molecule has 0 saturated carbocycles. The highest BCUT2D eigenvalue weighted by Gasteiger charge is 2.26. The Balaban J connectivity index is 2.10. The van der Waals surface area contributed by atoms with E-state index < -0.39 is 26.4 Å². The highest BCUT2D eigenvalue weighted by atomic mass is 32.2. The summed E-state index contributed by atoms with van der Waals surface area (Å²) < 4.78 is 23.6. The van der Waals surface area contributed by atoms with Gasteiger partial charge in [-0.25, -0.2) is 8.42 Å². The third kappa shape index (κ3) is 5.73. The largest absolute Gasteiger partial charge is 0.342 e. The van der Waals surface area contributed by atoms with Gasteiger partial charge in [-0.3, -0.25) is 24.6 Å². The predicted octanol–water partition coefficient (Wildman–Crippen LogP) is 0.625. The molecule has 0 aromatic heterocycles. The Morgan fingerprint density at radius 1 is 1.10 bits per heavy atom. The number of likely N-dealkylation sites (N-methyl/N-ethyl adjacent to an activating group) is 1. The molecule has 29 heavy (non-hydrogen) atoms. The molecule has 0 atom stereocenters. The maximum absolute atomic E-state index is 12.8. The van der Waals surface area contributed by atoms with Crippen LogP contribution in [0.3, 0.4) is 0 Å². The van der Waals surface area contributed by atoms with Crippen molar-refractivity contribution in [3.05, 3.63) is 33.9 Å². The van der Waals surface area contributed by atoms with Gasteiger partial charge >= 0.3 is 0 Å². The molecule has 0 bridgehead atoms. The number of piperazine rings is 1. The van der Waals surface area contributed by atoms with Crippen molar-refractivity contribution in [3.8, 4) is 0 Å². The normalized spacial score (nSPS) is 15.2. The highest BCUT2D eigenvalue weighted by molar-refractivity contribution is 7.90. The molecule has 2 rings (SSSR count). The van der Waals surface area contributed by atoms with Crippen LogP contribution in [0, 0.1) is 10.1 Å². The number of carbonyl (C=O) groups excluding carboxylic acids is 2. The second kappa shape index (κ2) is 9.31. The summed E-state index contributed by atoms with van der Waals surface area (Å²) in [5, 5.41) is 11.1. The Labute approximate surface area is 170 Å². The fourth-order valence-electron chi connectivity index (χ4n) is 3.19. The Morgan fingerprint density at radius 3 is 2.17 bits per heavy atom. The Morgan fingerprint density at radius 2 is 1.69 bits per heavy atom. The zero-order valence-corrected chi connectivity index (χ0v) is 17.6. The van der Waals surface area contributed by atoms with Crippen molar-refractivity contribution >= 4 is 27.3 Å². The fourth-order valence-corrected chi connectivity index (χ4v) is 3.86. The van der Waals surface area contributed by atoms with Crippen LogP contribution in [0.15, 0.2) is 23.1 Å². The van der Waals surface area contributed by atoms with Crippen LogP contribution in [-0.2, 0) is 14.6 Å². The van der Waals surface area contributed by atoms with E-state index in [1.165, 1.54) is 11.0 Å². The minimum atomic E-state index is -3.71. The molecule has 1 aromatic rings. The maximum atomic E-state index is 12.8. The predicted molar refractivity (Wildman–Crippen MR) is 106 cm³/mol. The van der Waals surface area contributed by atoms with Gasteiger partial charge in [0.2, 0.25) is 5.91 Å². The van der Waals surface area contributed by atoms with Crippen LogP contribution in [0.1, 0.15) is 24.2 Å². The second-order valence-electron chi connectivity index (χ2n) is 6.88. The van der Waals surface area contributed by atoms with Crippen LogP contribution in [0.2, 0.25) is 0 Å². The van der Waals surface area contributed by atoms with Crippen molar-refractivity contribution in [2.24, 2.45) is 0 Å². The Bertz CT molecular complexity index is 890. The van der Waals surface area contributed by atoms with Crippen LogP contribution < -0.4 is 0 Å². The van der Waals surface area contributed by atoms with E-state index in [0.29, 0.717) is 39.3 Å². The fraction of sp³-hybridized carbons (Fsp3) is 0.556.